The van der Waals surface area contributed by atoms with E-state index < -0.39 is 0 Å². The number of hydrogen-bond donors (Lipinski definition) is 2. The molecule has 0 bridgehead atoms. The highest BCUT2D eigenvalue weighted by molar-refractivity contribution is 5.86. The molecule has 1 heterocycles. The third-order valence-electron chi connectivity index (χ3n) is 4.41. The summed E-state index contributed by atoms with van der Waals surface area (Å²) in [5.74, 6) is 0. The van der Waals surface area contributed by atoms with Crippen molar-refractivity contribution < 1.29 is 0 Å². The van der Waals surface area contributed by atoms with Gasteiger partial charge in [0.1, 0.15) is 6.17 Å². The van der Waals surface area contributed by atoms with Gasteiger partial charge in [-0.3, -0.25) is 0 Å². The van der Waals surface area contributed by atoms with E-state index in [9.17, 15) is 0 Å². The number of hydrogen-bond acceptors (Lipinski definition) is 2. The molecule has 4 rings (SSSR count). The van der Waals surface area contributed by atoms with E-state index in [1.54, 1.807) is 0 Å². The van der Waals surface area contributed by atoms with Crippen LogP contribution in [0, 0.1) is 0 Å². The van der Waals surface area contributed by atoms with Gasteiger partial charge in [-0.25, -0.2) is 0 Å². The van der Waals surface area contributed by atoms with E-state index in [-0.39, 0.29) is 6.17 Å². The molecule has 1 aliphatic heterocycles. The lowest BCUT2D eigenvalue weighted by atomic mass is 10.0. The molecule has 0 saturated heterocycles. The van der Waals surface area contributed by atoms with Crippen molar-refractivity contribution in [1.82, 2.24) is 10.6 Å². The molecule has 1 unspecified atom stereocenters. The van der Waals surface area contributed by atoms with Crippen LogP contribution in [0.1, 0.15) is 18.1 Å². The topological polar surface area (TPSA) is 24.1 Å². The summed E-state index contributed by atoms with van der Waals surface area (Å²) in [4.78, 5) is 0. The molecule has 0 aromatic heterocycles. The monoisotopic (exact) mass is 300 g/mol. The van der Waals surface area contributed by atoms with Crippen LogP contribution in [0.3, 0.4) is 0 Å². The standard InChI is InChI=1S/C21H20N2/c1-15-21(19-12-11-17-9-5-6-10-18(17)14-19)23-20(22-15)13-16-7-3-2-4-8-16/h2-12,14,20,22-23H,13H2,1H3. The van der Waals surface area contributed by atoms with Crippen LogP contribution < -0.4 is 10.6 Å². The minimum atomic E-state index is 0.249. The number of benzene rings is 3. The first kappa shape index (κ1) is 13.9. The lowest BCUT2D eigenvalue weighted by Gasteiger charge is -2.14. The van der Waals surface area contributed by atoms with Gasteiger partial charge in [0.2, 0.25) is 0 Å². The fraction of sp³-hybridized carbons (Fsp3) is 0.143. The molecule has 0 radical (unpaired) electrons. The van der Waals surface area contributed by atoms with E-state index >= 15 is 0 Å². The average molecular weight is 300 g/mol. The van der Waals surface area contributed by atoms with Crippen LogP contribution in [0.4, 0.5) is 0 Å². The Morgan fingerprint density at radius 1 is 0.783 bits per heavy atom. The Morgan fingerprint density at radius 3 is 2.35 bits per heavy atom. The van der Waals surface area contributed by atoms with Gasteiger partial charge in [0, 0.05) is 17.7 Å². The molecule has 0 aliphatic carbocycles. The smallest absolute Gasteiger partial charge is 0.100 e. The van der Waals surface area contributed by atoms with E-state index in [0.29, 0.717) is 0 Å². The third-order valence-corrected chi connectivity index (χ3v) is 4.41. The second-order valence-electron chi connectivity index (χ2n) is 6.09. The van der Waals surface area contributed by atoms with Crippen LogP contribution in [0.2, 0.25) is 0 Å². The first-order valence-electron chi connectivity index (χ1n) is 8.07. The molecule has 0 fully saturated rings. The van der Waals surface area contributed by atoms with Gasteiger partial charge < -0.3 is 10.6 Å². The Labute approximate surface area is 136 Å². The fourth-order valence-electron chi connectivity index (χ4n) is 3.25. The number of fused-ring (bicyclic) bond motifs is 1. The second kappa shape index (κ2) is 5.81. The molecular formula is C21H20N2. The van der Waals surface area contributed by atoms with Crippen molar-refractivity contribution in [3.63, 3.8) is 0 Å². The summed E-state index contributed by atoms with van der Waals surface area (Å²) >= 11 is 0. The van der Waals surface area contributed by atoms with Crippen LogP contribution in [0.15, 0.2) is 78.5 Å². The minimum Gasteiger partial charge on any atom is -0.367 e. The molecule has 0 amide bonds. The highest BCUT2D eigenvalue weighted by atomic mass is 15.2. The van der Waals surface area contributed by atoms with Crippen LogP contribution in [-0.4, -0.2) is 6.17 Å². The first-order valence-corrected chi connectivity index (χ1v) is 8.07. The highest BCUT2D eigenvalue weighted by Crippen LogP contribution is 2.24. The number of nitrogens with one attached hydrogen (secondary N) is 2. The predicted octanol–water partition coefficient (Wildman–Crippen LogP) is 4.29. The zero-order chi connectivity index (χ0) is 15.6. The van der Waals surface area contributed by atoms with Gasteiger partial charge in [-0.2, -0.15) is 0 Å². The first-order chi connectivity index (χ1) is 11.3. The highest BCUT2D eigenvalue weighted by Gasteiger charge is 2.21. The van der Waals surface area contributed by atoms with Gasteiger partial charge >= 0.3 is 0 Å². The molecule has 2 nitrogen and oxygen atoms in total. The molecule has 2 N–H and O–H groups in total. The molecule has 3 aromatic carbocycles. The van der Waals surface area contributed by atoms with Gasteiger partial charge in [0.25, 0.3) is 0 Å². The molecule has 2 heteroatoms. The zero-order valence-corrected chi connectivity index (χ0v) is 13.2. The van der Waals surface area contributed by atoms with E-state index in [1.165, 1.54) is 33.3 Å². The largest absolute Gasteiger partial charge is 0.367 e. The van der Waals surface area contributed by atoms with Gasteiger partial charge in [-0.05, 0) is 29.3 Å². The van der Waals surface area contributed by atoms with E-state index in [0.717, 1.165) is 6.42 Å². The van der Waals surface area contributed by atoms with Gasteiger partial charge in [0.05, 0.1) is 5.70 Å². The number of allylic oxidation sites excluding steroid dienone is 1. The maximum absolute atomic E-state index is 3.64. The Morgan fingerprint density at radius 2 is 1.52 bits per heavy atom. The maximum Gasteiger partial charge on any atom is 0.100 e. The van der Waals surface area contributed by atoms with E-state index in [4.69, 9.17) is 0 Å². The molecule has 3 aromatic rings. The van der Waals surface area contributed by atoms with E-state index in [1.807, 2.05) is 0 Å². The second-order valence-corrected chi connectivity index (χ2v) is 6.09. The van der Waals surface area contributed by atoms with Gasteiger partial charge in [0.15, 0.2) is 0 Å². The fourth-order valence-corrected chi connectivity index (χ4v) is 3.25. The number of rotatable bonds is 3. The van der Waals surface area contributed by atoms with Gasteiger partial charge in [-0.15, -0.1) is 0 Å². The summed E-state index contributed by atoms with van der Waals surface area (Å²) in [5, 5.41) is 9.76. The Hall–Kier alpha value is -2.74. The summed E-state index contributed by atoms with van der Waals surface area (Å²) in [6.07, 6.45) is 1.22. The molecule has 23 heavy (non-hydrogen) atoms. The van der Waals surface area contributed by atoms with Crippen molar-refractivity contribution in [2.45, 2.75) is 19.5 Å². The van der Waals surface area contributed by atoms with Crippen LogP contribution in [-0.2, 0) is 6.42 Å². The third kappa shape index (κ3) is 2.80. The molecular weight excluding hydrogens is 280 g/mol. The van der Waals surface area contributed by atoms with Crippen molar-refractivity contribution in [1.29, 1.82) is 0 Å². The predicted molar refractivity (Wildman–Crippen MR) is 96.7 cm³/mol. The van der Waals surface area contributed by atoms with Crippen LogP contribution >= 0.6 is 0 Å². The van der Waals surface area contributed by atoms with Gasteiger partial charge in [-0.1, -0.05) is 66.7 Å². The lowest BCUT2D eigenvalue weighted by molar-refractivity contribution is 0.561. The zero-order valence-electron chi connectivity index (χ0n) is 13.2. The van der Waals surface area contributed by atoms with Crippen LogP contribution in [0.5, 0.6) is 0 Å². The molecule has 0 saturated carbocycles. The summed E-state index contributed by atoms with van der Waals surface area (Å²) in [7, 11) is 0. The van der Waals surface area contributed by atoms with Crippen molar-refractivity contribution in [2.24, 2.45) is 0 Å². The summed E-state index contributed by atoms with van der Waals surface area (Å²) in [6, 6.07) is 25.7. The molecule has 1 aliphatic rings. The van der Waals surface area contributed by atoms with Crippen molar-refractivity contribution in [2.75, 3.05) is 0 Å². The lowest BCUT2D eigenvalue weighted by Crippen LogP contribution is -2.34. The maximum atomic E-state index is 3.64. The average Bonchev–Trinajstić information content (AvgIpc) is 2.95. The molecule has 0 spiro atoms. The summed E-state index contributed by atoms with van der Waals surface area (Å²) in [5.41, 5.74) is 4.99. The van der Waals surface area contributed by atoms with Crippen molar-refractivity contribution in [3.8, 4) is 0 Å². The Bertz CT molecular complexity index is 865. The van der Waals surface area contributed by atoms with E-state index in [2.05, 4.69) is 90.4 Å². The normalized spacial score (nSPS) is 17.2. The quantitative estimate of drug-likeness (QED) is 0.754. The van der Waals surface area contributed by atoms with Crippen molar-refractivity contribution in [3.05, 3.63) is 89.6 Å². The minimum absolute atomic E-state index is 0.249. The Kier molecular flexibility index (Phi) is 3.51. The van der Waals surface area contributed by atoms with Crippen LogP contribution in [0.25, 0.3) is 16.5 Å². The summed E-state index contributed by atoms with van der Waals surface area (Å²) in [6.45, 7) is 2.14. The summed E-state index contributed by atoms with van der Waals surface area (Å²) < 4.78 is 0. The molecule has 114 valence electrons. The molecule has 1 atom stereocenters. The SMILES string of the molecule is CC1=C(c2ccc3ccccc3c2)NC(Cc2ccccc2)N1. The Balaban J connectivity index is 1.57. The van der Waals surface area contributed by atoms with Crippen molar-refractivity contribution >= 4 is 16.5 Å².